The second-order valence-electron chi connectivity index (χ2n) is 4.67. The third-order valence-electron chi connectivity index (χ3n) is 3.02. The maximum Gasteiger partial charge on any atom is 0.236 e. The summed E-state index contributed by atoms with van der Waals surface area (Å²) in [6.45, 7) is 6.86. The fourth-order valence-electron chi connectivity index (χ4n) is 1.83. The summed E-state index contributed by atoms with van der Waals surface area (Å²) in [5, 5.41) is 6.25. The zero-order chi connectivity index (χ0) is 13.4. The second-order valence-corrected chi connectivity index (χ2v) is 4.67. The van der Waals surface area contributed by atoms with Crippen LogP contribution in [0.1, 0.15) is 45.2 Å². The molecule has 1 amide bonds. The van der Waals surface area contributed by atoms with E-state index in [0.717, 1.165) is 19.4 Å². The summed E-state index contributed by atoms with van der Waals surface area (Å²) < 4.78 is 0. The van der Waals surface area contributed by atoms with Gasteiger partial charge in [0.2, 0.25) is 5.91 Å². The number of hydrogen-bond donors (Lipinski definition) is 2. The van der Waals surface area contributed by atoms with E-state index < -0.39 is 0 Å². The lowest BCUT2D eigenvalue weighted by molar-refractivity contribution is -0.122. The van der Waals surface area contributed by atoms with E-state index >= 15 is 0 Å². The molecule has 2 N–H and O–H groups in total. The molecule has 0 aliphatic rings. The van der Waals surface area contributed by atoms with Crippen molar-refractivity contribution in [3.63, 3.8) is 0 Å². The van der Waals surface area contributed by atoms with Crippen molar-refractivity contribution in [3.05, 3.63) is 35.9 Å². The van der Waals surface area contributed by atoms with Gasteiger partial charge in [0.25, 0.3) is 0 Å². The molecule has 0 saturated heterocycles. The molecular formula is C15H24N2O. The van der Waals surface area contributed by atoms with Gasteiger partial charge in [-0.05, 0) is 25.8 Å². The summed E-state index contributed by atoms with van der Waals surface area (Å²) in [5.74, 6) is 0.0752. The van der Waals surface area contributed by atoms with Crippen molar-refractivity contribution in [1.82, 2.24) is 10.6 Å². The monoisotopic (exact) mass is 248 g/mol. The molecule has 0 aliphatic heterocycles. The van der Waals surface area contributed by atoms with Crippen molar-refractivity contribution in [2.24, 2.45) is 0 Å². The predicted molar refractivity (Wildman–Crippen MR) is 75.4 cm³/mol. The van der Waals surface area contributed by atoms with Gasteiger partial charge in [-0.25, -0.2) is 0 Å². The van der Waals surface area contributed by atoms with Crippen LogP contribution in [-0.4, -0.2) is 18.5 Å². The zero-order valence-corrected chi connectivity index (χ0v) is 11.6. The molecule has 3 nitrogen and oxygen atoms in total. The van der Waals surface area contributed by atoms with E-state index in [0.29, 0.717) is 0 Å². The Labute approximate surface area is 110 Å². The molecule has 0 aliphatic carbocycles. The minimum atomic E-state index is -0.169. The quantitative estimate of drug-likeness (QED) is 0.728. The van der Waals surface area contributed by atoms with Gasteiger partial charge in [-0.1, -0.05) is 43.7 Å². The van der Waals surface area contributed by atoms with E-state index in [1.807, 2.05) is 25.1 Å². The SMILES string of the molecule is CCCCNC(=O)C(C)N[C@H](C)c1ccccc1. The third kappa shape index (κ3) is 4.88. The van der Waals surface area contributed by atoms with Crippen LogP contribution in [0.2, 0.25) is 0 Å². The number of hydrogen-bond acceptors (Lipinski definition) is 2. The summed E-state index contributed by atoms with van der Waals surface area (Å²) >= 11 is 0. The number of carbonyl (C=O) groups excluding carboxylic acids is 1. The topological polar surface area (TPSA) is 41.1 Å². The lowest BCUT2D eigenvalue weighted by Gasteiger charge is -2.20. The maximum absolute atomic E-state index is 11.8. The van der Waals surface area contributed by atoms with Crippen LogP contribution >= 0.6 is 0 Å². The minimum Gasteiger partial charge on any atom is -0.355 e. The summed E-state index contributed by atoms with van der Waals surface area (Å²) in [6, 6.07) is 10.2. The maximum atomic E-state index is 11.8. The molecule has 2 atom stereocenters. The largest absolute Gasteiger partial charge is 0.355 e. The van der Waals surface area contributed by atoms with Crippen LogP contribution in [0.15, 0.2) is 30.3 Å². The molecular weight excluding hydrogens is 224 g/mol. The average Bonchev–Trinajstić information content (AvgIpc) is 2.39. The fraction of sp³-hybridized carbons (Fsp3) is 0.533. The van der Waals surface area contributed by atoms with Crippen LogP contribution in [0.5, 0.6) is 0 Å². The molecule has 100 valence electrons. The Morgan fingerprint density at radius 1 is 1.22 bits per heavy atom. The van der Waals surface area contributed by atoms with E-state index in [1.54, 1.807) is 0 Å². The Balaban J connectivity index is 2.39. The van der Waals surface area contributed by atoms with Crippen LogP contribution in [-0.2, 0) is 4.79 Å². The van der Waals surface area contributed by atoms with Gasteiger partial charge >= 0.3 is 0 Å². The highest BCUT2D eigenvalue weighted by atomic mass is 16.2. The number of carbonyl (C=O) groups is 1. The highest BCUT2D eigenvalue weighted by molar-refractivity contribution is 5.81. The van der Waals surface area contributed by atoms with Crippen LogP contribution < -0.4 is 10.6 Å². The summed E-state index contributed by atoms with van der Waals surface area (Å²) in [5.41, 5.74) is 1.20. The summed E-state index contributed by atoms with van der Waals surface area (Å²) in [6.07, 6.45) is 2.13. The highest BCUT2D eigenvalue weighted by Crippen LogP contribution is 2.11. The molecule has 1 unspecified atom stereocenters. The Hall–Kier alpha value is -1.35. The Morgan fingerprint density at radius 3 is 2.50 bits per heavy atom. The summed E-state index contributed by atoms with van der Waals surface area (Å²) in [7, 11) is 0. The minimum absolute atomic E-state index is 0.0752. The van der Waals surface area contributed by atoms with Crippen molar-refractivity contribution in [1.29, 1.82) is 0 Å². The van der Waals surface area contributed by atoms with Gasteiger partial charge in [-0.3, -0.25) is 10.1 Å². The lowest BCUT2D eigenvalue weighted by atomic mass is 10.1. The normalized spacial score (nSPS) is 13.9. The van der Waals surface area contributed by atoms with Crippen LogP contribution in [0.25, 0.3) is 0 Å². The molecule has 1 rings (SSSR count). The van der Waals surface area contributed by atoms with Crippen LogP contribution in [0, 0.1) is 0 Å². The Kier molecular flexibility index (Phi) is 6.44. The number of unbranched alkanes of at least 4 members (excludes halogenated alkanes) is 1. The Morgan fingerprint density at radius 2 is 1.89 bits per heavy atom. The van der Waals surface area contributed by atoms with Crippen LogP contribution in [0.3, 0.4) is 0 Å². The van der Waals surface area contributed by atoms with Gasteiger partial charge in [0.05, 0.1) is 6.04 Å². The first kappa shape index (κ1) is 14.7. The third-order valence-corrected chi connectivity index (χ3v) is 3.02. The number of benzene rings is 1. The molecule has 18 heavy (non-hydrogen) atoms. The van der Waals surface area contributed by atoms with Crippen molar-refractivity contribution >= 4 is 5.91 Å². The van der Waals surface area contributed by atoms with Gasteiger partial charge in [0, 0.05) is 12.6 Å². The van der Waals surface area contributed by atoms with Gasteiger partial charge in [-0.15, -0.1) is 0 Å². The molecule has 0 heterocycles. The molecule has 3 heteroatoms. The zero-order valence-electron chi connectivity index (χ0n) is 11.6. The second kappa shape index (κ2) is 7.88. The predicted octanol–water partition coefficient (Wildman–Crippen LogP) is 2.64. The van der Waals surface area contributed by atoms with Crippen molar-refractivity contribution in [3.8, 4) is 0 Å². The lowest BCUT2D eigenvalue weighted by Crippen LogP contribution is -2.43. The first-order valence-electron chi connectivity index (χ1n) is 6.73. The molecule has 0 fully saturated rings. The van der Waals surface area contributed by atoms with E-state index in [-0.39, 0.29) is 18.0 Å². The molecule has 0 radical (unpaired) electrons. The van der Waals surface area contributed by atoms with E-state index in [4.69, 9.17) is 0 Å². The molecule has 0 spiro atoms. The van der Waals surface area contributed by atoms with Gasteiger partial charge in [-0.2, -0.15) is 0 Å². The number of rotatable bonds is 7. The summed E-state index contributed by atoms with van der Waals surface area (Å²) in [4.78, 5) is 11.8. The smallest absolute Gasteiger partial charge is 0.236 e. The molecule has 0 bridgehead atoms. The van der Waals surface area contributed by atoms with Gasteiger partial charge in [0.1, 0.15) is 0 Å². The van der Waals surface area contributed by atoms with E-state index in [9.17, 15) is 4.79 Å². The molecule has 0 saturated carbocycles. The van der Waals surface area contributed by atoms with Crippen LogP contribution in [0.4, 0.5) is 0 Å². The number of nitrogens with one attached hydrogen (secondary N) is 2. The van der Waals surface area contributed by atoms with E-state index in [1.165, 1.54) is 5.56 Å². The van der Waals surface area contributed by atoms with Gasteiger partial charge in [0.15, 0.2) is 0 Å². The first-order chi connectivity index (χ1) is 8.65. The molecule has 1 aromatic rings. The average molecular weight is 248 g/mol. The van der Waals surface area contributed by atoms with Crippen molar-refractivity contribution in [2.45, 2.75) is 45.7 Å². The fourth-order valence-corrected chi connectivity index (χ4v) is 1.83. The van der Waals surface area contributed by atoms with Crippen molar-refractivity contribution in [2.75, 3.05) is 6.54 Å². The first-order valence-corrected chi connectivity index (χ1v) is 6.73. The number of amides is 1. The molecule has 0 aromatic heterocycles. The standard InChI is InChI=1S/C15H24N2O/c1-4-5-11-16-15(18)13(3)17-12(2)14-9-7-6-8-10-14/h6-10,12-13,17H,4-5,11H2,1-3H3,(H,16,18)/t12-,13?/m1/s1. The highest BCUT2D eigenvalue weighted by Gasteiger charge is 2.15. The molecule has 1 aromatic carbocycles. The Bertz CT molecular complexity index is 351. The van der Waals surface area contributed by atoms with E-state index in [2.05, 4.69) is 36.6 Å². The van der Waals surface area contributed by atoms with Gasteiger partial charge < -0.3 is 5.32 Å². The van der Waals surface area contributed by atoms with Crippen molar-refractivity contribution < 1.29 is 4.79 Å².